The molecule has 3 aromatic rings. The number of nitrogens with zero attached hydrogens (tertiary/aromatic N) is 2. The zero-order valence-corrected chi connectivity index (χ0v) is 18.5. The van der Waals surface area contributed by atoms with E-state index in [9.17, 15) is 14.9 Å². The number of carbonyl (C=O) groups excluding carboxylic acids is 1. The maximum absolute atomic E-state index is 12.0. The smallest absolute Gasteiger partial charge is 0.311 e. The quantitative estimate of drug-likeness (QED) is 0.267. The van der Waals surface area contributed by atoms with Crippen LogP contribution < -0.4 is 4.74 Å². The van der Waals surface area contributed by atoms with Crippen molar-refractivity contribution < 1.29 is 19.2 Å². The molecule has 0 N–H and O–H groups in total. The lowest BCUT2D eigenvalue weighted by Gasteiger charge is -2.17. The van der Waals surface area contributed by atoms with Crippen molar-refractivity contribution in [1.29, 1.82) is 0 Å². The summed E-state index contributed by atoms with van der Waals surface area (Å²) in [7, 11) is 3.32. The van der Waals surface area contributed by atoms with Crippen molar-refractivity contribution in [2.75, 3.05) is 13.7 Å². The lowest BCUT2D eigenvalue weighted by Crippen LogP contribution is -2.10. The summed E-state index contributed by atoms with van der Waals surface area (Å²) in [5.41, 5.74) is 3.27. The molecule has 4 rings (SSSR count). The molecule has 168 valence electrons. The average Bonchev–Trinajstić information content (AvgIpc) is 3.45. The molecular formula is C25H28N2O5. The van der Waals surface area contributed by atoms with E-state index in [2.05, 4.69) is 0 Å². The van der Waals surface area contributed by atoms with Crippen LogP contribution in [0.4, 0.5) is 5.69 Å². The third-order valence-corrected chi connectivity index (χ3v) is 6.31. The minimum atomic E-state index is -0.393. The first-order chi connectivity index (χ1) is 15.5. The maximum atomic E-state index is 12.0. The number of aryl methyl sites for hydroxylation is 2. The van der Waals surface area contributed by atoms with Gasteiger partial charge in [0, 0.05) is 42.2 Å². The molecule has 0 amide bonds. The van der Waals surface area contributed by atoms with E-state index in [0.29, 0.717) is 35.8 Å². The molecule has 0 saturated heterocycles. The SMILES string of the molecule is COC(=O)CCc1cc(-c2ccc3c(ccn3C)c2)c(OCC2CCCC2)c([N+](=O)[O-])c1. The minimum Gasteiger partial charge on any atom is -0.486 e. The van der Waals surface area contributed by atoms with Crippen molar-refractivity contribution in [3.8, 4) is 16.9 Å². The molecule has 1 aliphatic carbocycles. The number of nitro benzene ring substituents is 1. The number of esters is 1. The van der Waals surface area contributed by atoms with Gasteiger partial charge in [-0.3, -0.25) is 14.9 Å². The van der Waals surface area contributed by atoms with E-state index in [1.807, 2.05) is 48.1 Å². The van der Waals surface area contributed by atoms with Crippen LogP contribution in [0.15, 0.2) is 42.6 Å². The molecule has 1 aliphatic rings. The van der Waals surface area contributed by atoms with Crippen molar-refractivity contribution in [1.82, 2.24) is 4.57 Å². The van der Waals surface area contributed by atoms with Gasteiger partial charge in [0.05, 0.1) is 18.6 Å². The van der Waals surface area contributed by atoms with Crippen LogP contribution >= 0.6 is 0 Å². The Bertz CT molecular complexity index is 1140. The fourth-order valence-corrected chi connectivity index (χ4v) is 4.49. The molecule has 0 aliphatic heterocycles. The lowest BCUT2D eigenvalue weighted by atomic mass is 9.97. The first kappa shape index (κ1) is 21.9. The van der Waals surface area contributed by atoms with Crippen LogP contribution in [0.25, 0.3) is 22.0 Å². The van der Waals surface area contributed by atoms with E-state index in [1.54, 1.807) is 0 Å². The number of carbonyl (C=O) groups is 1. The molecule has 0 unspecified atom stereocenters. The van der Waals surface area contributed by atoms with Crippen LogP contribution in [0, 0.1) is 16.0 Å². The van der Waals surface area contributed by atoms with Gasteiger partial charge in [-0.1, -0.05) is 18.9 Å². The number of fused-ring (bicyclic) bond motifs is 1. The minimum absolute atomic E-state index is 0.0616. The highest BCUT2D eigenvalue weighted by Gasteiger charge is 2.25. The third-order valence-electron chi connectivity index (χ3n) is 6.31. The number of hydrogen-bond donors (Lipinski definition) is 0. The van der Waals surface area contributed by atoms with E-state index >= 15 is 0 Å². The monoisotopic (exact) mass is 436 g/mol. The zero-order valence-electron chi connectivity index (χ0n) is 18.5. The topological polar surface area (TPSA) is 83.6 Å². The Labute approximate surface area is 187 Å². The summed E-state index contributed by atoms with van der Waals surface area (Å²) in [6, 6.07) is 11.5. The molecular weight excluding hydrogens is 408 g/mol. The van der Waals surface area contributed by atoms with Gasteiger partial charge < -0.3 is 14.0 Å². The summed E-state index contributed by atoms with van der Waals surface area (Å²) in [5, 5.41) is 13.0. The van der Waals surface area contributed by atoms with E-state index < -0.39 is 4.92 Å². The van der Waals surface area contributed by atoms with Crippen molar-refractivity contribution in [3.63, 3.8) is 0 Å². The van der Waals surface area contributed by atoms with E-state index in [0.717, 1.165) is 29.3 Å². The van der Waals surface area contributed by atoms with Gasteiger partial charge in [0.1, 0.15) is 0 Å². The third kappa shape index (κ3) is 4.61. The summed E-state index contributed by atoms with van der Waals surface area (Å²) in [5.74, 6) is 0.388. The number of methoxy groups -OCH3 is 1. The van der Waals surface area contributed by atoms with Gasteiger partial charge >= 0.3 is 11.7 Å². The molecule has 1 fully saturated rings. The number of rotatable bonds is 8. The number of benzene rings is 2. The number of ether oxygens (including phenoxy) is 2. The summed E-state index contributed by atoms with van der Waals surface area (Å²) in [6.45, 7) is 0.475. The van der Waals surface area contributed by atoms with Crippen molar-refractivity contribution in [2.24, 2.45) is 13.0 Å². The Morgan fingerprint density at radius 2 is 1.97 bits per heavy atom. The molecule has 0 spiro atoms. The second-order valence-electron chi connectivity index (χ2n) is 8.49. The van der Waals surface area contributed by atoms with Crippen LogP contribution in [0.3, 0.4) is 0 Å². The second kappa shape index (κ2) is 9.42. The molecule has 7 heteroatoms. The molecule has 0 radical (unpaired) electrons. The molecule has 1 heterocycles. The van der Waals surface area contributed by atoms with Crippen LogP contribution in [-0.4, -0.2) is 29.2 Å². The normalized spacial score (nSPS) is 14.1. The molecule has 0 bridgehead atoms. The second-order valence-corrected chi connectivity index (χ2v) is 8.49. The highest BCUT2D eigenvalue weighted by atomic mass is 16.6. The Kier molecular flexibility index (Phi) is 6.44. The summed E-state index contributed by atoms with van der Waals surface area (Å²) in [4.78, 5) is 23.2. The summed E-state index contributed by atoms with van der Waals surface area (Å²) < 4.78 is 12.9. The van der Waals surface area contributed by atoms with Gasteiger partial charge in [-0.2, -0.15) is 0 Å². The molecule has 32 heavy (non-hydrogen) atoms. The Morgan fingerprint density at radius 1 is 1.19 bits per heavy atom. The van der Waals surface area contributed by atoms with E-state index in [4.69, 9.17) is 9.47 Å². The Morgan fingerprint density at radius 3 is 2.69 bits per heavy atom. The predicted octanol–water partition coefficient (Wildman–Crippen LogP) is 5.43. The Hall–Kier alpha value is -3.35. The number of hydrogen-bond acceptors (Lipinski definition) is 5. The van der Waals surface area contributed by atoms with Crippen molar-refractivity contribution in [3.05, 3.63) is 58.3 Å². The number of nitro groups is 1. The first-order valence-electron chi connectivity index (χ1n) is 11.0. The largest absolute Gasteiger partial charge is 0.486 e. The van der Waals surface area contributed by atoms with Gasteiger partial charge in [0.25, 0.3) is 0 Å². The lowest BCUT2D eigenvalue weighted by molar-refractivity contribution is -0.385. The van der Waals surface area contributed by atoms with Gasteiger partial charge in [0.15, 0.2) is 0 Å². The van der Waals surface area contributed by atoms with Crippen LogP contribution in [0.1, 0.15) is 37.7 Å². The van der Waals surface area contributed by atoms with E-state index in [-0.39, 0.29) is 18.1 Å². The highest BCUT2D eigenvalue weighted by Crippen LogP contribution is 2.41. The molecule has 7 nitrogen and oxygen atoms in total. The first-order valence-corrected chi connectivity index (χ1v) is 11.0. The van der Waals surface area contributed by atoms with Gasteiger partial charge in [-0.15, -0.1) is 0 Å². The maximum Gasteiger partial charge on any atom is 0.311 e. The van der Waals surface area contributed by atoms with Gasteiger partial charge in [-0.05, 0) is 60.6 Å². The molecule has 1 aromatic heterocycles. The molecule has 2 aromatic carbocycles. The number of aromatic nitrogens is 1. The zero-order chi connectivity index (χ0) is 22.7. The van der Waals surface area contributed by atoms with E-state index in [1.165, 1.54) is 26.0 Å². The fourth-order valence-electron chi connectivity index (χ4n) is 4.49. The highest BCUT2D eigenvalue weighted by molar-refractivity contribution is 5.88. The average molecular weight is 437 g/mol. The van der Waals surface area contributed by atoms with Gasteiger partial charge in [-0.25, -0.2) is 0 Å². The molecule has 1 saturated carbocycles. The van der Waals surface area contributed by atoms with Crippen molar-refractivity contribution in [2.45, 2.75) is 38.5 Å². The van der Waals surface area contributed by atoms with Crippen LogP contribution in [0.5, 0.6) is 5.75 Å². The Balaban J connectivity index is 1.78. The summed E-state index contributed by atoms with van der Waals surface area (Å²) >= 11 is 0. The molecule has 0 atom stereocenters. The predicted molar refractivity (Wildman–Crippen MR) is 123 cm³/mol. The van der Waals surface area contributed by atoms with Crippen LogP contribution in [-0.2, 0) is 23.0 Å². The van der Waals surface area contributed by atoms with Crippen molar-refractivity contribution >= 4 is 22.6 Å². The fraction of sp³-hybridized carbons (Fsp3) is 0.400. The van der Waals surface area contributed by atoms with Gasteiger partial charge in [0.2, 0.25) is 5.75 Å². The van der Waals surface area contributed by atoms with Crippen LogP contribution in [0.2, 0.25) is 0 Å². The standard InChI is InChI=1S/C25H28N2O5/c1-26-12-11-20-15-19(8-9-22(20)26)21-13-18(7-10-24(28)31-2)14-23(27(29)30)25(21)32-16-17-5-3-4-6-17/h8-9,11-15,17H,3-7,10,16H2,1-2H3. The summed E-state index contributed by atoms with van der Waals surface area (Å²) in [6.07, 6.45) is 7.05.